The number of nitrogens with zero attached hydrogens (tertiary/aromatic N) is 3. The number of carbonyl (C=O) groups is 1. The highest BCUT2D eigenvalue weighted by Crippen LogP contribution is 2.24. The van der Waals surface area contributed by atoms with Gasteiger partial charge in [0, 0.05) is 18.3 Å². The third-order valence-corrected chi connectivity index (χ3v) is 4.57. The summed E-state index contributed by atoms with van der Waals surface area (Å²) in [5.74, 6) is 1.15. The molecule has 1 N–H and O–H groups in total. The van der Waals surface area contributed by atoms with Gasteiger partial charge in [0.2, 0.25) is 0 Å². The second-order valence-corrected chi connectivity index (χ2v) is 6.53. The van der Waals surface area contributed by atoms with Crippen molar-refractivity contribution in [2.24, 2.45) is 7.05 Å². The van der Waals surface area contributed by atoms with Gasteiger partial charge in [0.15, 0.2) is 6.61 Å². The maximum Gasteiger partial charge on any atom is 0.262 e. The number of fused-ring (bicyclic) bond motifs is 1. The largest absolute Gasteiger partial charge is 0.484 e. The highest BCUT2D eigenvalue weighted by atomic mass is 16.5. The summed E-state index contributed by atoms with van der Waals surface area (Å²) in [4.78, 5) is 16.8. The molecule has 0 aliphatic rings. The molecule has 0 unspecified atom stereocenters. The quantitative estimate of drug-likeness (QED) is 0.563. The molecule has 6 heteroatoms. The summed E-state index contributed by atoms with van der Waals surface area (Å²) in [6, 6.07) is 24.2. The first-order valence-electron chi connectivity index (χ1n) is 9.09. The van der Waals surface area contributed by atoms with Crippen LogP contribution in [0.3, 0.4) is 0 Å². The lowest BCUT2D eigenvalue weighted by atomic mass is 10.2. The molecule has 0 spiro atoms. The summed E-state index contributed by atoms with van der Waals surface area (Å²) in [6.07, 6.45) is 0. The molecule has 0 atom stereocenters. The standard InChI is InChI=1S/C23H18N4O2/c1-27-21-5-3-2-4-20(21)26-23(27)17-8-10-18(11-9-17)25-22(28)15-29-19-12-6-16(14-24)7-13-19/h2-13H,15H2,1H3,(H,25,28). The lowest BCUT2D eigenvalue weighted by Crippen LogP contribution is -2.20. The van der Waals surface area contributed by atoms with E-state index < -0.39 is 0 Å². The minimum atomic E-state index is -0.259. The van der Waals surface area contributed by atoms with E-state index in [-0.39, 0.29) is 12.5 Å². The molecule has 3 aromatic carbocycles. The van der Waals surface area contributed by atoms with Crippen molar-refractivity contribution in [2.45, 2.75) is 0 Å². The van der Waals surface area contributed by atoms with Gasteiger partial charge in [-0.25, -0.2) is 4.98 Å². The molecule has 6 nitrogen and oxygen atoms in total. The number of carbonyl (C=O) groups excluding carboxylic acids is 1. The van der Waals surface area contributed by atoms with Crippen LogP contribution in [0.15, 0.2) is 72.8 Å². The Morgan fingerprint density at radius 2 is 1.79 bits per heavy atom. The number of ether oxygens (including phenoxy) is 1. The molecule has 1 aromatic heterocycles. The Bertz CT molecular complexity index is 1200. The molecule has 1 heterocycles. The van der Waals surface area contributed by atoms with E-state index in [1.54, 1.807) is 24.3 Å². The highest BCUT2D eigenvalue weighted by Gasteiger charge is 2.10. The zero-order valence-electron chi connectivity index (χ0n) is 15.8. The van der Waals surface area contributed by atoms with Crippen molar-refractivity contribution >= 4 is 22.6 Å². The number of nitrogens with one attached hydrogen (secondary N) is 1. The molecule has 29 heavy (non-hydrogen) atoms. The van der Waals surface area contributed by atoms with Crippen LogP contribution in [0.4, 0.5) is 5.69 Å². The van der Waals surface area contributed by atoms with Crippen molar-refractivity contribution < 1.29 is 9.53 Å². The second kappa shape index (κ2) is 7.87. The summed E-state index contributed by atoms with van der Waals surface area (Å²) in [5, 5.41) is 11.6. The first kappa shape index (κ1) is 18.3. The monoisotopic (exact) mass is 382 g/mol. The van der Waals surface area contributed by atoms with Crippen LogP contribution in [0.25, 0.3) is 22.4 Å². The van der Waals surface area contributed by atoms with Crippen molar-refractivity contribution in [3.05, 3.63) is 78.4 Å². The Morgan fingerprint density at radius 1 is 1.07 bits per heavy atom. The van der Waals surface area contributed by atoms with Gasteiger partial charge in [-0.15, -0.1) is 0 Å². The van der Waals surface area contributed by atoms with Crippen molar-refractivity contribution in [1.82, 2.24) is 9.55 Å². The van der Waals surface area contributed by atoms with Crippen LogP contribution in [0.2, 0.25) is 0 Å². The second-order valence-electron chi connectivity index (χ2n) is 6.53. The smallest absolute Gasteiger partial charge is 0.262 e. The fourth-order valence-electron chi connectivity index (χ4n) is 3.08. The van der Waals surface area contributed by atoms with Crippen molar-refractivity contribution in [2.75, 3.05) is 11.9 Å². The van der Waals surface area contributed by atoms with Crippen LogP contribution in [0, 0.1) is 11.3 Å². The molecule has 4 rings (SSSR count). The van der Waals surface area contributed by atoms with E-state index in [0.29, 0.717) is 17.0 Å². The van der Waals surface area contributed by atoms with E-state index in [2.05, 4.69) is 10.3 Å². The Morgan fingerprint density at radius 3 is 2.48 bits per heavy atom. The summed E-state index contributed by atoms with van der Waals surface area (Å²) in [6.45, 7) is -0.113. The van der Waals surface area contributed by atoms with Gasteiger partial charge in [-0.1, -0.05) is 12.1 Å². The van der Waals surface area contributed by atoms with Gasteiger partial charge in [-0.3, -0.25) is 4.79 Å². The summed E-state index contributed by atoms with van der Waals surface area (Å²) < 4.78 is 7.50. The molecule has 0 radical (unpaired) electrons. The highest BCUT2D eigenvalue weighted by molar-refractivity contribution is 5.92. The number of rotatable bonds is 5. The first-order valence-corrected chi connectivity index (χ1v) is 9.09. The summed E-state index contributed by atoms with van der Waals surface area (Å²) in [5.41, 5.74) is 4.21. The zero-order chi connectivity index (χ0) is 20.2. The normalized spacial score (nSPS) is 10.5. The topological polar surface area (TPSA) is 79.9 Å². The molecule has 0 aliphatic carbocycles. The lowest BCUT2D eigenvalue weighted by molar-refractivity contribution is -0.118. The molecule has 0 saturated heterocycles. The van der Waals surface area contributed by atoms with Gasteiger partial charge in [0.25, 0.3) is 5.91 Å². The minimum absolute atomic E-state index is 0.113. The van der Waals surface area contributed by atoms with E-state index in [1.165, 1.54) is 0 Å². The summed E-state index contributed by atoms with van der Waals surface area (Å²) in [7, 11) is 1.99. The van der Waals surface area contributed by atoms with Gasteiger partial charge < -0.3 is 14.6 Å². The molecule has 142 valence electrons. The van der Waals surface area contributed by atoms with Gasteiger partial charge >= 0.3 is 0 Å². The van der Waals surface area contributed by atoms with E-state index in [1.807, 2.05) is 66.2 Å². The average Bonchev–Trinajstić information content (AvgIpc) is 3.10. The Hall–Kier alpha value is -4.11. The molecule has 1 amide bonds. The number of amides is 1. The maximum absolute atomic E-state index is 12.1. The molecule has 0 aliphatic heterocycles. The molecular weight excluding hydrogens is 364 g/mol. The van der Waals surface area contributed by atoms with Crippen LogP contribution in [-0.4, -0.2) is 22.1 Å². The van der Waals surface area contributed by atoms with Crippen LogP contribution in [0.5, 0.6) is 5.75 Å². The first-order chi connectivity index (χ1) is 14.1. The number of benzene rings is 3. The van der Waals surface area contributed by atoms with Gasteiger partial charge in [-0.2, -0.15) is 5.26 Å². The Kier molecular flexibility index (Phi) is 4.95. The fraction of sp³-hybridized carbons (Fsp3) is 0.0870. The van der Waals surface area contributed by atoms with E-state index in [0.717, 1.165) is 22.4 Å². The molecule has 0 bridgehead atoms. The molecular formula is C23H18N4O2. The number of imidazole rings is 1. The van der Waals surface area contributed by atoms with Crippen LogP contribution < -0.4 is 10.1 Å². The van der Waals surface area contributed by atoms with Crippen molar-refractivity contribution in [3.63, 3.8) is 0 Å². The number of nitriles is 1. The van der Waals surface area contributed by atoms with Crippen LogP contribution >= 0.6 is 0 Å². The number of anilines is 1. The summed E-state index contributed by atoms with van der Waals surface area (Å²) >= 11 is 0. The van der Waals surface area contributed by atoms with Crippen molar-refractivity contribution in [1.29, 1.82) is 5.26 Å². The third-order valence-electron chi connectivity index (χ3n) is 4.57. The number of hydrogen-bond acceptors (Lipinski definition) is 4. The molecule has 0 fully saturated rings. The number of hydrogen-bond donors (Lipinski definition) is 1. The minimum Gasteiger partial charge on any atom is -0.484 e. The van der Waals surface area contributed by atoms with E-state index in [9.17, 15) is 4.79 Å². The predicted molar refractivity (Wildman–Crippen MR) is 111 cm³/mol. The van der Waals surface area contributed by atoms with E-state index >= 15 is 0 Å². The fourth-order valence-corrected chi connectivity index (χ4v) is 3.08. The average molecular weight is 382 g/mol. The maximum atomic E-state index is 12.1. The van der Waals surface area contributed by atoms with Gasteiger partial charge in [-0.05, 0) is 60.7 Å². The van der Waals surface area contributed by atoms with E-state index in [4.69, 9.17) is 10.00 Å². The van der Waals surface area contributed by atoms with Crippen molar-refractivity contribution in [3.8, 4) is 23.2 Å². The Labute approximate surface area is 168 Å². The number of aromatic nitrogens is 2. The lowest BCUT2D eigenvalue weighted by Gasteiger charge is -2.08. The molecule has 0 saturated carbocycles. The van der Waals surface area contributed by atoms with Gasteiger partial charge in [0.05, 0.1) is 22.7 Å². The van der Waals surface area contributed by atoms with Crippen LogP contribution in [-0.2, 0) is 11.8 Å². The zero-order valence-corrected chi connectivity index (χ0v) is 15.8. The number of para-hydroxylation sites is 2. The third kappa shape index (κ3) is 3.94. The predicted octanol–water partition coefficient (Wildman–Crippen LogP) is 4.13. The van der Waals surface area contributed by atoms with Crippen LogP contribution in [0.1, 0.15) is 5.56 Å². The number of aryl methyl sites for hydroxylation is 1. The molecule has 4 aromatic rings. The Balaban J connectivity index is 1.40. The van der Waals surface area contributed by atoms with Gasteiger partial charge in [0.1, 0.15) is 11.6 Å². The SMILES string of the molecule is Cn1c(-c2ccc(NC(=O)COc3ccc(C#N)cc3)cc2)nc2ccccc21.